The van der Waals surface area contributed by atoms with Crippen LogP contribution in [-0.2, 0) is 16.0 Å². The Labute approximate surface area is 123 Å². The zero-order valence-electron chi connectivity index (χ0n) is 11.6. The van der Waals surface area contributed by atoms with Crippen molar-refractivity contribution in [3.05, 3.63) is 42.2 Å². The highest BCUT2D eigenvalue weighted by Crippen LogP contribution is 2.48. The molecule has 0 spiro atoms. The number of carboxylic acid groups (broad SMARTS) is 1. The normalized spacial score (nSPS) is 29.5. The topological polar surface area (TPSA) is 79.3 Å². The third kappa shape index (κ3) is 2.68. The van der Waals surface area contributed by atoms with Gasteiger partial charge in [0.05, 0.1) is 11.8 Å². The summed E-state index contributed by atoms with van der Waals surface area (Å²) in [6.07, 6.45) is 8.90. The molecule has 0 aromatic carbocycles. The van der Waals surface area contributed by atoms with E-state index in [9.17, 15) is 14.7 Å². The van der Waals surface area contributed by atoms with Crippen LogP contribution in [0.3, 0.4) is 0 Å². The van der Waals surface area contributed by atoms with Gasteiger partial charge in [0, 0.05) is 18.9 Å². The zero-order chi connectivity index (χ0) is 14.8. The lowest BCUT2D eigenvalue weighted by atomic mass is 9.82. The molecular weight excluding hydrogens is 268 g/mol. The van der Waals surface area contributed by atoms with Gasteiger partial charge in [0.25, 0.3) is 0 Å². The van der Waals surface area contributed by atoms with Crippen molar-refractivity contribution in [3.8, 4) is 0 Å². The highest BCUT2D eigenvalue weighted by molar-refractivity contribution is 5.86. The molecule has 2 aliphatic carbocycles. The first-order chi connectivity index (χ1) is 10.2. The molecule has 0 radical (unpaired) electrons. The number of hydrogen-bond acceptors (Lipinski definition) is 3. The lowest BCUT2D eigenvalue weighted by Gasteiger charge is -2.23. The van der Waals surface area contributed by atoms with Gasteiger partial charge in [-0.15, -0.1) is 0 Å². The molecule has 21 heavy (non-hydrogen) atoms. The lowest BCUT2D eigenvalue weighted by molar-refractivity contribution is -0.147. The second kappa shape index (κ2) is 5.68. The standard InChI is InChI=1S/C16H18N2O3/c19-15(18-8-5-10-3-6-17-7-4-10)13-11-1-2-12(9-11)14(13)16(20)21/h1-4,6-7,11-14H,5,8-9H2,(H,18,19)(H,20,21)/t11-,12-,13+,14-/m0/s1. The molecule has 1 aromatic rings. The number of nitrogens with zero attached hydrogens (tertiary/aromatic N) is 1. The Bertz CT molecular complexity index is 570. The summed E-state index contributed by atoms with van der Waals surface area (Å²) in [5, 5.41) is 12.2. The van der Waals surface area contributed by atoms with Crippen LogP contribution in [0.5, 0.6) is 0 Å². The van der Waals surface area contributed by atoms with E-state index < -0.39 is 17.8 Å². The first-order valence-electron chi connectivity index (χ1n) is 7.24. The van der Waals surface area contributed by atoms with Gasteiger partial charge in [0.2, 0.25) is 5.91 Å². The van der Waals surface area contributed by atoms with Gasteiger partial charge in [-0.25, -0.2) is 0 Å². The van der Waals surface area contributed by atoms with Crippen LogP contribution in [0, 0.1) is 23.7 Å². The van der Waals surface area contributed by atoms with E-state index in [0.29, 0.717) is 6.54 Å². The molecule has 3 rings (SSSR count). The van der Waals surface area contributed by atoms with Crippen molar-refractivity contribution in [1.82, 2.24) is 10.3 Å². The molecule has 5 nitrogen and oxygen atoms in total. The van der Waals surface area contributed by atoms with Crippen LogP contribution in [0.2, 0.25) is 0 Å². The fourth-order valence-electron chi connectivity index (χ4n) is 3.51. The molecule has 110 valence electrons. The number of pyridine rings is 1. The fraction of sp³-hybridized carbons (Fsp3) is 0.438. The minimum Gasteiger partial charge on any atom is -0.481 e. The van der Waals surface area contributed by atoms with Crippen LogP contribution in [0.1, 0.15) is 12.0 Å². The Kier molecular flexibility index (Phi) is 3.73. The summed E-state index contributed by atoms with van der Waals surface area (Å²) in [5.41, 5.74) is 1.10. The van der Waals surface area contributed by atoms with Crippen molar-refractivity contribution >= 4 is 11.9 Å². The predicted molar refractivity (Wildman–Crippen MR) is 76.3 cm³/mol. The lowest BCUT2D eigenvalue weighted by Crippen LogP contribution is -2.40. The first kappa shape index (κ1) is 13.8. The van der Waals surface area contributed by atoms with Crippen molar-refractivity contribution in [2.75, 3.05) is 6.54 Å². The van der Waals surface area contributed by atoms with Crippen molar-refractivity contribution < 1.29 is 14.7 Å². The number of fused-ring (bicyclic) bond motifs is 2. The summed E-state index contributed by atoms with van der Waals surface area (Å²) in [6.45, 7) is 0.521. The highest BCUT2D eigenvalue weighted by atomic mass is 16.4. The summed E-state index contributed by atoms with van der Waals surface area (Å²) in [6, 6.07) is 3.82. The van der Waals surface area contributed by atoms with Crippen molar-refractivity contribution in [3.63, 3.8) is 0 Å². The highest BCUT2D eigenvalue weighted by Gasteiger charge is 2.51. The van der Waals surface area contributed by atoms with Gasteiger partial charge in [0.1, 0.15) is 0 Å². The Morgan fingerprint density at radius 1 is 1.19 bits per heavy atom. The Hall–Kier alpha value is -2.17. The SMILES string of the molecule is O=C(O)[C@@H]1[C@H](C(=O)NCCc2ccncc2)[C@H]2C=C[C@H]1C2. The van der Waals surface area contributed by atoms with Crippen LogP contribution in [0.15, 0.2) is 36.7 Å². The minimum absolute atomic E-state index is 0.0171. The number of amides is 1. The summed E-state index contributed by atoms with van der Waals surface area (Å²) in [7, 11) is 0. The summed E-state index contributed by atoms with van der Waals surface area (Å²) in [5.74, 6) is -1.88. The van der Waals surface area contributed by atoms with Gasteiger partial charge in [-0.05, 0) is 42.4 Å². The maximum atomic E-state index is 12.3. The van der Waals surface area contributed by atoms with Gasteiger partial charge >= 0.3 is 5.97 Å². The molecule has 0 aliphatic heterocycles. The number of rotatable bonds is 5. The molecule has 4 atom stereocenters. The molecule has 1 fully saturated rings. The molecule has 2 bridgehead atoms. The van der Waals surface area contributed by atoms with Crippen LogP contribution in [-0.4, -0.2) is 28.5 Å². The number of hydrogen-bond donors (Lipinski definition) is 2. The number of carboxylic acids is 1. The molecule has 0 unspecified atom stereocenters. The number of allylic oxidation sites excluding steroid dienone is 2. The molecule has 0 saturated heterocycles. The third-order valence-corrected chi connectivity index (χ3v) is 4.51. The van der Waals surface area contributed by atoms with Crippen LogP contribution < -0.4 is 5.32 Å². The van der Waals surface area contributed by atoms with E-state index in [2.05, 4.69) is 10.3 Å². The van der Waals surface area contributed by atoms with E-state index >= 15 is 0 Å². The molecular formula is C16H18N2O3. The van der Waals surface area contributed by atoms with Gasteiger partial charge < -0.3 is 10.4 Å². The summed E-state index contributed by atoms with van der Waals surface area (Å²) in [4.78, 5) is 27.6. The maximum Gasteiger partial charge on any atom is 0.307 e. The van der Waals surface area contributed by atoms with Crippen LogP contribution in [0.25, 0.3) is 0 Å². The average Bonchev–Trinajstić information content (AvgIpc) is 3.08. The molecule has 2 N–H and O–H groups in total. The van der Waals surface area contributed by atoms with E-state index in [4.69, 9.17) is 0 Å². The van der Waals surface area contributed by atoms with E-state index in [1.165, 1.54) is 0 Å². The third-order valence-electron chi connectivity index (χ3n) is 4.51. The van der Waals surface area contributed by atoms with Crippen molar-refractivity contribution in [1.29, 1.82) is 0 Å². The average molecular weight is 286 g/mol. The Balaban J connectivity index is 1.58. The molecule has 1 saturated carbocycles. The van der Waals surface area contributed by atoms with Crippen LogP contribution in [0.4, 0.5) is 0 Å². The molecule has 2 aliphatic rings. The smallest absolute Gasteiger partial charge is 0.307 e. The number of aromatic nitrogens is 1. The van der Waals surface area contributed by atoms with E-state index in [-0.39, 0.29) is 17.7 Å². The molecule has 1 aromatic heterocycles. The van der Waals surface area contributed by atoms with Gasteiger partial charge in [0.15, 0.2) is 0 Å². The van der Waals surface area contributed by atoms with Gasteiger partial charge in [-0.3, -0.25) is 14.6 Å². The van der Waals surface area contributed by atoms with E-state index in [1.54, 1.807) is 12.4 Å². The number of aliphatic carboxylic acids is 1. The summed E-state index contributed by atoms with van der Waals surface area (Å²) >= 11 is 0. The number of carbonyl (C=O) groups is 2. The van der Waals surface area contributed by atoms with Crippen LogP contribution >= 0.6 is 0 Å². The van der Waals surface area contributed by atoms with Crippen molar-refractivity contribution in [2.24, 2.45) is 23.7 Å². The first-order valence-corrected chi connectivity index (χ1v) is 7.24. The van der Waals surface area contributed by atoms with Gasteiger partial charge in [-0.1, -0.05) is 12.2 Å². The van der Waals surface area contributed by atoms with E-state index in [0.717, 1.165) is 18.4 Å². The second-order valence-electron chi connectivity index (χ2n) is 5.73. The molecule has 1 amide bonds. The molecule has 1 heterocycles. The fourth-order valence-corrected chi connectivity index (χ4v) is 3.51. The summed E-state index contributed by atoms with van der Waals surface area (Å²) < 4.78 is 0. The maximum absolute atomic E-state index is 12.3. The largest absolute Gasteiger partial charge is 0.481 e. The predicted octanol–water partition coefficient (Wildman–Crippen LogP) is 1.26. The molecule has 5 heteroatoms. The minimum atomic E-state index is -0.860. The quantitative estimate of drug-likeness (QED) is 0.799. The van der Waals surface area contributed by atoms with Gasteiger partial charge in [-0.2, -0.15) is 0 Å². The van der Waals surface area contributed by atoms with Crippen molar-refractivity contribution in [2.45, 2.75) is 12.8 Å². The van der Waals surface area contributed by atoms with E-state index in [1.807, 2.05) is 24.3 Å². The Morgan fingerprint density at radius 3 is 2.52 bits per heavy atom. The zero-order valence-corrected chi connectivity index (χ0v) is 11.6. The second-order valence-corrected chi connectivity index (χ2v) is 5.73. The Morgan fingerprint density at radius 2 is 1.86 bits per heavy atom. The monoisotopic (exact) mass is 286 g/mol. The number of nitrogens with one attached hydrogen (secondary N) is 1. The number of carbonyl (C=O) groups excluding carboxylic acids is 1.